The number of benzene rings is 1. The highest BCUT2D eigenvalue weighted by atomic mass is 16.5. The number of hydrogen-bond acceptors (Lipinski definition) is 6. The van der Waals surface area contributed by atoms with Crippen LogP contribution >= 0.6 is 0 Å². The number of rotatable bonds is 4. The summed E-state index contributed by atoms with van der Waals surface area (Å²) in [5.41, 5.74) is 7.70. The molecule has 1 atom stereocenters. The molecule has 3 heterocycles. The average Bonchev–Trinajstić information content (AvgIpc) is 3.26. The van der Waals surface area contributed by atoms with Crippen LogP contribution in [0.3, 0.4) is 0 Å². The fourth-order valence-corrected chi connectivity index (χ4v) is 3.34. The number of ether oxygens (including phenoxy) is 1. The maximum atomic E-state index is 11.1. The van der Waals surface area contributed by atoms with E-state index in [0.717, 1.165) is 44.7 Å². The average molecular weight is 314 g/mol. The quantitative estimate of drug-likeness (QED) is 0.917. The lowest BCUT2D eigenvalue weighted by Gasteiger charge is -2.21. The largest absolute Gasteiger partial charge is 0.493 e. The Morgan fingerprint density at radius 1 is 1.43 bits per heavy atom. The third kappa shape index (κ3) is 2.68. The number of nitrogens with two attached hydrogens (primary N) is 1. The van der Waals surface area contributed by atoms with Crippen molar-refractivity contribution >= 4 is 5.91 Å². The van der Waals surface area contributed by atoms with Crippen LogP contribution in [-0.2, 0) is 13.0 Å². The van der Waals surface area contributed by atoms with Crippen molar-refractivity contribution in [3.63, 3.8) is 0 Å². The van der Waals surface area contributed by atoms with Crippen LogP contribution in [0.15, 0.2) is 22.7 Å². The van der Waals surface area contributed by atoms with Crippen molar-refractivity contribution in [2.75, 3.05) is 13.2 Å². The van der Waals surface area contributed by atoms with Gasteiger partial charge in [0.25, 0.3) is 11.7 Å². The van der Waals surface area contributed by atoms with Crippen LogP contribution in [0, 0.1) is 0 Å². The summed E-state index contributed by atoms with van der Waals surface area (Å²) in [5.74, 6) is 0.750. The molecule has 1 unspecified atom stereocenters. The first kappa shape index (κ1) is 14.2. The molecule has 4 rings (SSSR count). The first-order chi connectivity index (χ1) is 11.2. The van der Waals surface area contributed by atoms with E-state index in [-0.39, 0.29) is 11.9 Å². The fourth-order valence-electron chi connectivity index (χ4n) is 3.34. The third-order valence-electron chi connectivity index (χ3n) is 4.45. The molecule has 1 amide bonds. The Bertz CT molecular complexity index is 743. The van der Waals surface area contributed by atoms with E-state index in [1.165, 1.54) is 11.1 Å². The molecule has 23 heavy (non-hydrogen) atoms. The minimum Gasteiger partial charge on any atom is -0.493 e. The Morgan fingerprint density at radius 3 is 3.17 bits per heavy atom. The summed E-state index contributed by atoms with van der Waals surface area (Å²) in [4.78, 5) is 17.6. The van der Waals surface area contributed by atoms with Crippen LogP contribution in [0.25, 0.3) is 0 Å². The number of likely N-dealkylation sites (tertiary alicyclic amines) is 1. The maximum Gasteiger partial charge on any atom is 0.290 e. The van der Waals surface area contributed by atoms with Crippen LogP contribution in [0.1, 0.15) is 46.5 Å². The molecular formula is C16H18N4O3. The van der Waals surface area contributed by atoms with E-state index < -0.39 is 5.91 Å². The number of aromatic nitrogens is 2. The molecule has 1 fully saturated rings. The van der Waals surface area contributed by atoms with E-state index in [4.69, 9.17) is 15.0 Å². The van der Waals surface area contributed by atoms with E-state index >= 15 is 0 Å². The van der Waals surface area contributed by atoms with Crippen molar-refractivity contribution < 1.29 is 14.1 Å². The summed E-state index contributed by atoms with van der Waals surface area (Å²) in [6.07, 6.45) is 2.97. The Labute approximate surface area is 133 Å². The monoisotopic (exact) mass is 314 g/mol. The SMILES string of the molecule is NC(=O)c1noc(C2CCCN2Cc2ccc3c(c2)CCO3)n1. The zero-order chi connectivity index (χ0) is 15.8. The van der Waals surface area contributed by atoms with Gasteiger partial charge in [0.1, 0.15) is 5.75 Å². The molecule has 0 bridgehead atoms. The Morgan fingerprint density at radius 2 is 2.35 bits per heavy atom. The van der Waals surface area contributed by atoms with Crippen LogP contribution < -0.4 is 10.5 Å². The summed E-state index contributed by atoms with van der Waals surface area (Å²) < 4.78 is 10.8. The molecular weight excluding hydrogens is 296 g/mol. The third-order valence-corrected chi connectivity index (χ3v) is 4.45. The van der Waals surface area contributed by atoms with Gasteiger partial charge in [-0.15, -0.1) is 0 Å². The summed E-state index contributed by atoms with van der Waals surface area (Å²) in [6.45, 7) is 2.54. The van der Waals surface area contributed by atoms with Crippen molar-refractivity contribution in [3.05, 3.63) is 41.0 Å². The fraction of sp³-hybridized carbons (Fsp3) is 0.438. The number of primary amides is 1. The number of amides is 1. The highest BCUT2D eigenvalue weighted by Crippen LogP contribution is 2.33. The normalized spacial score (nSPS) is 20.4. The van der Waals surface area contributed by atoms with Crippen LogP contribution in [0.4, 0.5) is 0 Å². The lowest BCUT2D eigenvalue weighted by Crippen LogP contribution is -2.23. The molecule has 2 N–H and O–H groups in total. The molecule has 7 nitrogen and oxygen atoms in total. The summed E-state index contributed by atoms with van der Waals surface area (Å²) in [6, 6.07) is 6.39. The van der Waals surface area contributed by atoms with Gasteiger partial charge in [0.15, 0.2) is 0 Å². The van der Waals surface area contributed by atoms with Crippen LogP contribution in [0.2, 0.25) is 0 Å². The van der Waals surface area contributed by atoms with E-state index in [1.54, 1.807) is 0 Å². The second-order valence-corrected chi connectivity index (χ2v) is 5.99. The second kappa shape index (κ2) is 5.66. The zero-order valence-electron chi connectivity index (χ0n) is 12.7. The molecule has 1 aromatic carbocycles. The molecule has 1 saturated heterocycles. The highest BCUT2D eigenvalue weighted by molar-refractivity contribution is 5.88. The number of hydrogen-bond donors (Lipinski definition) is 1. The summed E-state index contributed by atoms with van der Waals surface area (Å²) in [7, 11) is 0. The van der Waals surface area contributed by atoms with Crippen molar-refractivity contribution in [3.8, 4) is 5.75 Å². The van der Waals surface area contributed by atoms with E-state index in [9.17, 15) is 4.79 Å². The Kier molecular flexibility index (Phi) is 3.49. The topological polar surface area (TPSA) is 94.5 Å². The van der Waals surface area contributed by atoms with Gasteiger partial charge < -0.3 is 15.0 Å². The molecule has 2 aromatic rings. The molecule has 2 aliphatic heterocycles. The second-order valence-electron chi connectivity index (χ2n) is 5.99. The van der Waals surface area contributed by atoms with Gasteiger partial charge in [0.2, 0.25) is 5.89 Å². The number of carbonyl (C=O) groups excluding carboxylic acids is 1. The van der Waals surface area contributed by atoms with Crippen LogP contribution in [0.5, 0.6) is 5.75 Å². The Balaban J connectivity index is 1.52. The predicted molar refractivity (Wildman–Crippen MR) is 80.8 cm³/mol. The molecule has 120 valence electrons. The van der Waals surface area contributed by atoms with E-state index in [0.29, 0.717) is 5.89 Å². The molecule has 0 aliphatic carbocycles. The van der Waals surface area contributed by atoms with Gasteiger partial charge >= 0.3 is 0 Å². The first-order valence-electron chi connectivity index (χ1n) is 7.83. The van der Waals surface area contributed by atoms with E-state index in [1.807, 2.05) is 6.07 Å². The zero-order valence-corrected chi connectivity index (χ0v) is 12.7. The molecule has 1 aromatic heterocycles. The van der Waals surface area contributed by atoms with Gasteiger partial charge in [-0.3, -0.25) is 9.69 Å². The lowest BCUT2D eigenvalue weighted by molar-refractivity contribution is 0.0987. The van der Waals surface area contributed by atoms with Crippen molar-refractivity contribution in [2.24, 2.45) is 5.73 Å². The molecule has 0 spiro atoms. The van der Waals surface area contributed by atoms with Crippen molar-refractivity contribution in [1.82, 2.24) is 15.0 Å². The highest BCUT2D eigenvalue weighted by Gasteiger charge is 2.31. The predicted octanol–water partition coefficient (Wildman–Crippen LogP) is 1.44. The van der Waals surface area contributed by atoms with Gasteiger partial charge in [-0.05, 0) is 36.6 Å². The maximum absolute atomic E-state index is 11.1. The van der Waals surface area contributed by atoms with Gasteiger partial charge in [0.05, 0.1) is 12.6 Å². The number of nitrogens with zero attached hydrogens (tertiary/aromatic N) is 3. The first-order valence-corrected chi connectivity index (χ1v) is 7.83. The van der Waals surface area contributed by atoms with Gasteiger partial charge in [-0.25, -0.2) is 0 Å². The summed E-state index contributed by atoms with van der Waals surface area (Å²) >= 11 is 0. The smallest absolute Gasteiger partial charge is 0.290 e. The Hall–Kier alpha value is -2.41. The van der Waals surface area contributed by atoms with Gasteiger partial charge in [-0.2, -0.15) is 4.98 Å². The number of carbonyl (C=O) groups is 1. The van der Waals surface area contributed by atoms with Gasteiger partial charge in [0, 0.05) is 13.0 Å². The number of fused-ring (bicyclic) bond motifs is 1. The molecule has 0 radical (unpaired) electrons. The standard InChI is InChI=1S/C16H18N4O3/c17-14(21)15-18-16(23-19-15)12-2-1-6-20(12)9-10-3-4-13-11(8-10)5-7-22-13/h3-4,8,12H,1-2,5-7,9H2,(H2,17,21). The van der Waals surface area contributed by atoms with Crippen LogP contribution in [-0.4, -0.2) is 34.1 Å². The molecule has 7 heteroatoms. The molecule has 2 aliphatic rings. The minimum atomic E-state index is -0.664. The minimum absolute atomic E-state index is 0.0418. The molecule has 0 saturated carbocycles. The van der Waals surface area contributed by atoms with E-state index in [2.05, 4.69) is 27.2 Å². The van der Waals surface area contributed by atoms with Crippen molar-refractivity contribution in [2.45, 2.75) is 31.8 Å². The van der Waals surface area contributed by atoms with Gasteiger partial charge in [-0.1, -0.05) is 17.3 Å². The summed E-state index contributed by atoms with van der Waals surface area (Å²) in [5, 5.41) is 3.65. The van der Waals surface area contributed by atoms with Crippen molar-refractivity contribution in [1.29, 1.82) is 0 Å². The lowest BCUT2D eigenvalue weighted by atomic mass is 10.1.